The first-order valence-corrected chi connectivity index (χ1v) is 11.8. The molecule has 2 N–H and O–H groups in total. The summed E-state index contributed by atoms with van der Waals surface area (Å²) in [6, 6.07) is 34.2. The highest BCUT2D eigenvalue weighted by Gasteiger charge is 2.09. The minimum atomic E-state index is -0.195. The zero-order valence-electron chi connectivity index (χ0n) is 18.0. The molecule has 0 fully saturated rings. The molecule has 0 unspecified atom stereocenters. The third-order valence-corrected chi connectivity index (χ3v) is 6.11. The van der Waals surface area contributed by atoms with E-state index in [0.29, 0.717) is 16.8 Å². The van der Waals surface area contributed by atoms with Crippen LogP contribution >= 0.6 is 11.8 Å². The van der Waals surface area contributed by atoms with Crippen molar-refractivity contribution in [3.05, 3.63) is 131 Å². The Morgan fingerprint density at radius 2 is 0.939 bits per heavy atom. The molecule has 0 saturated carbocycles. The molecule has 0 bridgehead atoms. The molecule has 164 valence electrons. The molecule has 0 aromatic heterocycles. The maximum Gasteiger partial charge on any atom is 0.255 e. The van der Waals surface area contributed by atoms with Gasteiger partial charge < -0.3 is 10.6 Å². The number of hydrogen-bond acceptors (Lipinski definition) is 3. The van der Waals surface area contributed by atoms with Gasteiger partial charge in [0.1, 0.15) is 0 Å². The Labute approximate surface area is 198 Å². The van der Waals surface area contributed by atoms with Gasteiger partial charge in [-0.3, -0.25) is 9.59 Å². The minimum Gasteiger partial charge on any atom is -0.322 e. The highest BCUT2D eigenvalue weighted by atomic mass is 32.2. The Morgan fingerprint density at radius 3 is 1.48 bits per heavy atom. The summed E-state index contributed by atoms with van der Waals surface area (Å²) in [6.45, 7) is 0. The van der Waals surface area contributed by atoms with E-state index in [1.54, 1.807) is 24.3 Å². The van der Waals surface area contributed by atoms with Gasteiger partial charge in [0.25, 0.3) is 11.8 Å². The van der Waals surface area contributed by atoms with Gasteiger partial charge in [-0.15, -0.1) is 0 Å². The maximum absolute atomic E-state index is 12.6. The van der Waals surface area contributed by atoms with Crippen LogP contribution in [0.4, 0.5) is 11.4 Å². The highest BCUT2D eigenvalue weighted by molar-refractivity contribution is 7.97. The summed E-state index contributed by atoms with van der Waals surface area (Å²) in [5.74, 6) is 1.48. The van der Waals surface area contributed by atoms with Crippen molar-refractivity contribution in [1.82, 2.24) is 0 Å². The lowest BCUT2D eigenvalue weighted by atomic mass is 10.1. The van der Waals surface area contributed by atoms with Gasteiger partial charge in [-0.2, -0.15) is 11.8 Å². The molecule has 4 nitrogen and oxygen atoms in total. The Hall–Kier alpha value is -3.83. The summed E-state index contributed by atoms with van der Waals surface area (Å²) in [6.07, 6.45) is 0. The first-order valence-electron chi connectivity index (χ1n) is 10.7. The Bertz CT molecular complexity index is 1190. The molecule has 0 aliphatic heterocycles. The van der Waals surface area contributed by atoms with Crippen molar-refractivity contribution in [3.63, 3.8) is 0 Å². The number of anilines is 2. The molecule has 4 aromatic rings. The fourth-order valence-corrected chi connectivity index (χ4v) is 4.20. The molecule has 5 heteroatoms. The molecule has 0 aliphatic rings. The number of carbonyl (C=O) groups is 2. The zero-order valence-corrected chi connectivity index (χ0v) is 18.8. The summed E-state index contributed by atoms with van der Waals surface area (Å²) < 4.78 is 0. The molecule has 2 amide bonds. The second kappa shape index (κ2) is 11.2. The van der Waals surface area contributed by atoms with Crippen molar-refractivity contribution in [2.24, 2.45) is 0 Å². The first kappa shape index (κ1) is 22.4. The van der Waals surface area contributed by atoms with Gasteiger partial charge in [-0.25, -0.2) is 0 Å². The van der Waals surface area contributed by atoms with Crippen molar-refractivity contribution in [2.45, 2.75) is 11.5 Å². The molecular formula is C28H24N2O2S. The number of benzene rings is 4. The van der Waals surface area contributed by atoms with Crippen LogP contribution in [0.2, 0.25) is 0 Å². The first-order chi connectivity index (χ1) is 16.2. The standard InChI is InChI=1S/C28H24N2O2S/c31-27(23-13-11-22(12-14-23)20-33-19-21-7-3-1-4-8-21)30-26-17-15-24(16-18-26)28(32)29-25-9-5-2-6-10-25/h1-18H,19-20H2,(H,29,32)(H,30,31). The van der Waals surface area contributed by atoms with E-state index in [9.17, 15) is 9.59 Å². The summed E-state index contributed by atoms with van der Waals surface area (Å²) >= 11 is 1.85. The van der Waals surface area contributed by atoms with Gasteiger partial charge in [0, 0.05) is 34.0 Å². The van der Waals surface area contributed by atoms with Gasteiger partial charge in [-0.05, 0) is 59.7 Å². The van der Waals surface area contributed by atoms with E-state index in [-0.39, 0.29) is 11.8 Å². The quantitative estimate of drug-likeness (QED) is 0.316. The summed E-state index contributed by atoms with van der Waals surface area (Å²) in [5.41, 5.74) is 4.98. The molecule has 0 radical (unpaired) electrons. The second-order valence-electron chi connectivity index (χ2n) is 7.53. The van der Waals surface area contributed by atoms with Gasteiger partial charge in [-0.1, -0.05) is 60.7 Å². The van der Waals surface area contributed by atoms with Crippen LogP contribution in [0.25, 0.3) is 0 Å². The Morgan fingerprint density at radius 1 is 0.515 bits per heavy atom. The smallest absolute Gasteiger partial charge is 0.255 e. The van der Waals surface area contributed by atoms with Crippen LogP contribution in [0, 0.1) is 0 Å². The zero-order chi connectivity index (χ0) is 22.9. The molecule has 0 spiro atoms. The van der Waals surface area contributed by atoms with E-state index in [4.69, 9.17) is 0 Å². The molecular weight excluding hydrogens is 428 g/mol. The fraction of sp³-hybridized carbons (Fsp3) is 0.0714. The summed E-state index contributed by atoms with van der Waals surface area (Å²) in [7, 11) is 0. The van der Waals surface area contributed by atoms with E-state index in [1.807, 2.05) is 72.4 Å². The number of nitrogens with one attached hydrogen (secondary N) is 2. The van der Waals surface area contributed by atoms with E-state index in [1.165, 1.54) is 11.1 Å². The van der Waals surface area contributed by atoms with Crippen molar-refractivity contribution in [1.29, 1.82) is 0 Å². The molecule has 0 saturated heterocycles. The van der Waals surface area contributed by atoms with Crippen molar-refractivity contribution in [2.75, 3.05) is 10.6 Å². The topological polar surface area (TPSA) is 58.2 Å². The molecule has 4 aromatic carbocycles. The number of para-hydroxylation sites is 1. The number of carbonyl (C=O) groups excluding carboxylic acids is 2. The molecule has 33 heavy (non-hydrogen) atoms. The predicted molar refractivity (Wildman–Crippen MR) is 137 cm³/mol. The predicted octanol–water partition coefficient (Wildman–Crippen LogP) is 6.62. The largest absolute Gasteiger partial charge is 0.322 e. The number of amides is 2. The lowest BCUT2D eigenvalue weighted by molar-refractivity contribution is 0.102. The maximum atomic E-state index is 12.6. The number of rotatable bonds is 8. The summed E-state index contributed by atoms with van der Waals surface area (Å²) in [4.78, 5) is 24.9. The van der Waals surface area contributed by atoms with Crippen LogP contribution in [0.15, 0.2) is 109 Å². The highest BCUT2D eigenvalue weighted by Crippen LogP contribution is 2.19. The lowest BCUT2D eigenvalue weighted by Gasteiger charge is -2.08. The lowest BCUT2D eigenvalue weighted by Crippen LogP contribution is -2.13. The monoisotopic (exact) mass is 452 g/mol. The van der Waals surface area contributed by atoms with E-state index in [0.717, 1.165) is 17.2 Å². The van der Waals surface area contributed by atoms with E-state index >= 15 is 0 Å². The minimum absolute atomic E-state index is 0.181. The van der Waals surface area contributed by atoms with Gasteiger partial charge in [0.05, 0.1) is 0 Å². The average molecular weight is 453 g/mol. The molecule has 4 rings (SSSR count). The van der Waals surface area contributed by atoms with Crippen molar-refractivity contribution >= 4 is 35.0 Å². The average Bonchev–Trinajstić information content (AvgIpc) is 2.86. The Kier molecular flexibility index (Phi) is 7.56. The molecule has 0 aliphatic carbocycles. The van der Waals surface area contributed by atoms with Gasteiger partial charge >= 0.3 is 0 Å². The van der Waals surface area contributed by atoms with Crippen LogP contribution in [0.5, 0.6) is 0 Å². The second-order valence-corrected chi connectivity index (χ2v) is 8.51. The third kappa shape index (κ3) is 6.57. The van der Waals surface area contributed by atoms with Crippen LogP contribution in [-0.4, -0.2) is 11.8 Å². The van der Waals surface area contributed by atoms with Crippen LogP contribution in [-0.2, 0) is 11.5 Å². The fourth-order valence-electron chi connectivity index (χ4n) is 3.25. The molecule has 0 heterocycles. The van der Waals surface area contributed by atoms with Crippen molar-refractivity contribution in [3.8, 4) is 0 Å². The van der Waals surface area contributed by atoms with Crippen LogP contribution in [0.3, 0.4) is 0 Å². The number of hydrogen-bond donors (Lipinski definition) is 2. The van der Waals surface area contributed by atoms with Crippen molar-refractivity contribution < 1.29 is 9.59 Å². The number of thioether (sulfide) groups is 1. The van der Waals surface area contributed by atoms with Crippen LogP contribution in [0.1, 0.15) is 31.8 Å². The SMILES string of the molecule is O=C(Nc1ccc(C(=O)Nc2ccccc2)cc1)c1ccc(CSCc2ccccc2)cc1. The van der Waals surface area contributed by atoms with Gasteiger partial charge in [0.2, 0.25) is 0 Å². The van der Waals surface area contributed by atoms with Gasteiger partial charge in [0.15, 0.2) is 0 Å². The van der Waals surface area contributed by atoms with E-state index in [2.05, 4.69) is 34.9 Å². The van der Waals surface area contributed by atoms with E-state index < -0.39 is 0 Å². The van der Waals surface area contributed by atoms with Crippen LogP contribution < -0.4 is 10.6 Å². The Balaban J connectivity index is 1.28. The normalized spacial score (nSPS) is 10.4. The third-order valence-electron chi connectivity index (χ3n) is 5.03. The molecule has 0 atom stereocenters. The summed E-state index contributed by atoms with van der Waals surface area (Å²) in [5, 5.41) is 5.73.